The summed E-state index contributed by atoms with van der Waals surface area (Å²) >= 11 is 11.8. The number of nitrogens with zero attached hydrogens (tertiary/aromatic N) is 1. The van der Waals surface area contributed by atoms with Gasteiger partial charge >= 0.3 is 0 Å². The van der Waals surface area contributed by atoms with Crippen LogP contribution in [0.1, 0.15) is 12.5 Å². The van der Waals surface area contributed by atoms with E-state index in [0.29, 0.717) is 22.3 Å². The Kier molecular flexibility index (Phi) is 7.66. The number of carbonyl (C=O) groups excluding carboxylic acids is 2. The van der Waals surface area contributed by atoms with E-state index in [9.17, 15) is 9.59 Å². The zero-order valence-corrected chi connectivity index (χ0v) is 17.1. The Balaban J connectivity index is 1.89. The molecule has 0 aromatic heterocycles. The molecule has 2 amide bonds. The lowest BCUT2D eigenvalue weighted by Crippen LogP contribution is -3.15. The molecule has 0 aliphatic carbocycles. The van der Waals surface area contributed by atoms with Gasteiger partial charge in [-0.05, 0) is 30.7 Å². The molecule has 0 saturated carbocycles. The second kappa shape index (κ2) is 9.74. The third kappa shape index (κ3) is 6.24. The molecule has 2 atom stereocenters. The van der Waals surface area contributed by atoms with E-state index in [-0.39, 0.29) is 24.4 Å². The fraction of sp³-hybridized carbons (Fsp3) is 0.300. The van der Waals surface area contributed by atoms with Gasteiger partial charge in [0.2, 0.25) is 0 Å². The van der Waals surface area contributed by atoms with Crippen molar-refractivity contribution < 1.29 is 14.5 Å². The van der Waals surface area contributed by atoms with Gasteiger partial charge in [0.05, 0.1) is 17.1 Å². The quantitative estimate of drug-likeness (QED) is 0.739. The Morgan fingerprint density at radius 3 is 2.41 bits per heavy atom. The van der Waals surface area contributed by atoms with Crippen LogP contribution in [0.4, 0.5) is 5.69 Å². The van der Waals surface area contributed by atoms with Crippen molar-refractivity contribution in [2.24, 2.45) is 0 Å². The van der Waals surface area contributed by atoms with Crippen LogP contribution in [-0.2, 0) is 16.1 Å². The van der Waals surface area contributed by atoms with Crippen LogP contribution in [0.5, 0.6) is 0 Å². The van der Waals surface area contributed by atoms with Gasteiger partial charge in [0.25, 0.3) is 11.8 Å². The van der Waals surface area contributed by atoms with Crippen LogP contribution < -0.4 is 10.2 Å². The number of quaternary nitrogens is 1. The minimum atomic E-state index is -0.349. The van der Waals surface area contributed by atoms with Crippen molar-refractivity contribution in [3.05, 3.63) is 64.1 Å². The van der Waals surface area contributed by atoms with E-state index in [1.54, 1.807) is 30.1 Å². The molecule has 0 radical (unpaired) electrons. The molecule has 0 fully saturated rings. The fourth-order valence-corrected chi connectivity index (χ4v) is 2.96. The van der Waals surface area contributed by atoms with Crippen molar-refractivity contribution >= 4 is 40.7 Å². The molecule has 0 aliphatic heterocycles. The highest BCUT2D eigenvalue weighted by atomic mass is 35.5. The fourth-order valence-electron chi connectivity index (χ4n) is 2.66. The molecule has 27 heavy (non-hydrogen) atoms. The summed E-state index contributed by atoms with van der Waals surface area (Å²) in [5.41, 5.74) is 1.64. The zero-order chi connectivity index (χ0) is 20.0. The topological polar surface area (TPSA) is 53.9 Å². The predicted molar refractivity (Wildman–Crippen MR) is 109 cm³/mol. The van der Waals surface area contributed by atoms with Crippen LogP contribution in [-0.4, -0.2) is 43.4 Å². The van der Waals surface area contributed by atoms with Gasteiger partial charge in [-0.1, -0.05) is 53.5 Å². The van der Waals surface area contributed by atoms with Gasteiger partial charge in [-0.15, -0.1) is 0 Å². The van der Waals surface area contributed by atoms with Gasteiger partial charge in [-0.25, -0.2) is 0 Å². The van der Waals surface area contributed by atoms with Crippen molar-refractivity contribution in [1.29, 1.82) is 0 Å². The molecule has 0 bridgehead atoms. The molecule has 7 heteroatoms. The minimum Gasteiger partial charge on any atom is -0.336 e. The summed E-state index contributed by atoms with van der Waals surface area (Å²) in [6.45, 7) is 2.52. The van der Waals surface area contributed by atoms with Crippen LogP contribution in [0.25, 0.3) is 0 Å². The maximum Gasteiger partial charge on any atom is 0.280 e. The van der Waals surface area contributed by atoms with Crippen LogP contribution in [0.15, 0.2) is 48.5 Å². The van der Waals surface area contributed by atoms with Crippen molar-refractivity contribution in [3.63, 3.8) is 0 Å². The molecule has 5 nitrogen and oxygen atoms in total. The van der Waals surface area contributed by atoms with Gasteiger partial charge in [0, 0.05) is 19.3 Å². The second-order valence-electron chi connectivity index (χ2n) is 6.60. The van der Waals surface area contributed by atoms with Crippen molar-refractivity contribution in [2.75, 3.05) is 26.0 Å². The number of amides is 2. The lowest BCUT2D eigenvalue weighted by molar-refractivity contribution is -0.886. The Morgan fingerprint density at radius 1 is 1.11 bits per heavy atom. The average Bonchev–Trinajstić information content (AvgIpc) is 2.64. The van der Waals surface area contributed by atoms with Crippen LogP contribution in [0, 0.1) is 0 Å². The Hall–Kier alpha value is -2.08. The molecule has 2 rings (SSSR count). The summed E-state index contributed by atoms with van der Waals surface area (Å²) in [5.74, 6) is -0.213. The van der Waals surface area contributed by atoms with Crippen LogP contribution >= 0.6 is 23.2 Å². The molecule has 0 spiro atoms. The monoisotopic (exact) mass is 408 g/mol. The Morgan fingerprint density at radius 2 is 1.78 bits per heavy atom. The summed E-state index contributed by atoms with van der Waals surface area (Å²) in [6, 6.07) is 14.4. The Bertz CT molecular complexity index is 799. The molecule has 0 heterocycles. The predicted octanol–water partition coefficient (Wildman–Crippen LogP) is 2.49. The summed E-state index contributed by atoms with van der Waals surface area (Å²) in [4.78, 5) is 27.4. The first kappa shape index (κ1) is 21.2. The van der Waals surface area contributed by atoms with E-state index in [0.717, 1.165) is 10.5 Å². The molecule has 144 valence electrons. The maximum absolute atomic E-state index is 12.7. The third-order valence-corrected chi connectivity index (χ3v) is 5.13. The van der Waals surface area contributed by atoms with Gasteiger partial charge in [-0.2, -0.15) is 0 Å². The normalized spacial score (nSPS) is 12.9. The summed E-state index contributed by atoms with van der Waals surface area (Å²) < 4.78 is 0. The lowest BCUT2D eigenvalue weighted by atomic mass is 10.2. The molecule has 1 unspecified atom stereocenters. The maximum atomic E-state index is 12.7. The van der Waals surface area contributed by atoms with E-state index in [2.05, 4.69) is 5.32 Å². The molecule has 2 aromatic rings. The number of halogens is 2. The van der Waals surface area contributed by atoms with E-state index in [1.165, 1.54) is 0 Å². The zero-order valence-electron chi connectivity index (χ0n) is 15.6. The molecular weight excluding hydrogens is 385 g/mol. The summed E-state index contributed by atoms with van der Waals surface area (Å²) in [5, 5.41) is 3.58. The van der Waals surface area contributed by atoms with E-state index < -0.39 is 0 Å². The Labute approximate surface area is 169 Å². The number of carbonyl (C=O) groups is 2. The van der Waals surface area contributed by atoms with E-state index in [1.807, 2.05) is 44.3 Å². The van der Waals surface area contributed by atoms with E-state index in [4.69, 9.17) is 23.2 Å². The molecular formula is C20H24Cl2N3O2+. The highest BCUT2D eigenvalue weighted by Crippen LogP contribution is 2.24. The second-order valence-corrected chi connectivity index (χ2v) is 7.42. The van der Waals surface area contributed by atoms with Crippen molar-refractivity contribution in [2.45, 2.75) is 19.5 Å². The standard InChI is InChI=1S/C20H23Cl2N3O2/c1-14(20(27)25(3)12-15-7-5-4-6-8-15)24(2)13-19(26)23-16-9-10-17(21)18(22)11-16/h4-11,14H,12-13H2,1-3H3,(H,23,26)/p+1/t14-/m0/s1. The number of benzene rings is 2. The SMILES string of the molecule is C[C@@H](C(=O)N(C)Cc1ccccc1)[NH+](C)CC(=O)Nc1ccc(Cl)c(Cl)c1. The first-order chi connectivity index (χ1) is 12.8. The van der Waals surface area contributed by atoms with Crippen molar-refractivity contribution in [1.82, 2.24) is 4.90 Å². The largest absolute Gasteiger partial charge is 0.336 e. The number of likely N-dealkylation sites (N-methyl/N-ethyl adjacent to an activating group) is 2. The summed E-state index contributed by atoms with van der Waals surface area (Å²) in [6.07, 6.45) is 0. The molecule has 2 N–H and O–H groups in total. The van der Waals surface area contributed by atoms with Crippen molar-refractivity contribution in [3.8, 4) is 0 Å². The molecule has 2 aromatic carbocycles. The highest BCUT2D eigenvalue weighted by Gasteiger charge is 2.26. The lowest BCUT2D eigenvalue weighted by Gasteiger charge is -2.25. The first-order valence-corrected chi connectivity index (χ1v) is 9.39. The van der Waals surface area contributed by atoms with Crippen LogP contribution in [0.2, 0.25) is 10.0 Å². The van der Waals surface area contributed by atoms with Gasteiger partial charge in [-0.3, -0.25) is 9.59 Å². The molecule has 0 aliphatic rings. The van der Waals surface area contributed by atoms with E-state index >= 15 is 0 Å². The number of anilines is 1. The van der Waals surface area contributed by atoms with Gasteiger partial charge in [0.15, 0.2) is 12.6 Å². The number of hydrogen-bond acceptors (Lipinski definition) is 2. The number of nitrogens with one attached hydrogen (secondary N) is 2. The van der Waals surface area contributed by atoms with Gasteiger partial charge < -0.3 is 15.1 Å². The number of hydrogen-bond donors (Lipinski definition) is 2. The van der Waals surface area contributed by atoms with Gasteiger partial charge in [0.1, 0.15) is 0 Å². The van der Waals surface area contributed by atoms with Crippen LogP contribution in [0.3, 0.4) is 0 Å². The highest BCUT2D eigenvalue weighted by molar-refractivity contribution is 6.42. The number of rotatable bonds is 7. The molecule has 0 saturated heterocycles. The minimum absolute atomic E-state index is 0.0151. The first-order valence-electron chi connectivity index (χ1n) is 8.64. The average molecular weight is 409 g/mol. The third-order valence-electron chi connectivity index (χ3n) is 4.39. The smallest absolute Gasteiger partial charge is 0.280 e. The summed E-state index contributed by atoms with van der Waals surface area (Å²) in [7, 11) is 3.60.